The molecule has 0 N–H and O–H groups in total. The number of methoxy groups -OCH3 is 2. The van der Waals surface area contributed by atoms with Crippen LogP contribution in [0.15, 0.2) is 84.4 Å². The smallest absolute Gasteiger partial charge is 0.416 e. The van der Waals surface area contributed by atoms with E-state index in [1.54, 1.807) is 26.2 Å². The Morgan fingerprint density at radius 1 is 0.873 bits per heavy atom. The van der Waals surface area contributed by atoms with Gasteiger partial charge in [-0.15, -0.1) is 0 Å². The van der Waals surface area contributed by atoms with Gasteiger partial charge in [0, 0.05) is 17.7 Å². The minimum Gasteiger partial charge on any atom is -0.496 e. The zero-order valence-electron chi connectivity index (χ0n) is 31.2. The van der Waals surface area contributed by atoms with Gasteiger partial charge in [-0.2, -0.15) is 26.3 Å². The van der Waals surface area contributed by atoms with Crippen LogP contribution in [0.3, 0.4) is 0 Å². The van der Waals surface area contributed by atoms with Gasteiger partial charge in [-0.25, -0.2) is 9.59 Å². The van der Waals surface area contributed by atoms with Crippen molar-refractivity contribution >= 4 is 17.6 Å². The van der Waals surface area contributed by atoms with Gasteiger partial charge < -0.3 is 14.2 Å². The van der Waals surface area contributed by atoms with Crippen molar-refractivity contribution in [2.75, 3.05) is 20.8 Å². The number of rotatable bonds is 8. The Balaban J connectivity index is 1.51. The first-order valence-electron chi connectivity index (χ1n) is 17.8. The summed E-state index contributed by atoms with van der Waals surface area (Å²) in [4.78, 5) is 27.3. The minimum atomic E-state index is -5.05. The number of carbonyl (C=O) groups is 2. The zero-order valence-corrected chi connectivity index (χ0v) is 31.2. The third kappa shape index (κ3) is 7.95. The van der Waals surface area contributed by atoms with Gasteiger partial charge in [0.25, 0.3) is 0 Å². The summed E-state index contributed by atoms with van der Waals surface area (Å²) < 4.78 is 99.2. The number of cyclic esters (lactones) is 1. The fourth-order valence-corrected chi connectivity index (χ4v) is 7.77. The molecule has 0 bridgehead atoms. The van der Waals surface area contributed by atoms with Crippen LogP contribution in [-0.2, 0) is 21.8 Å². The number of aryl methyl sites for hydroxylation is 1. The molecule has 6 rings (SSSR count). The van der Waals surface area contributed by atoms with E-state index in [-0.39, 0.29) is 18.0 Å². The van der Waals surface area contributed by atoms with Gasteiger partial charge in [0.05, 0.1) is 37.0 Å². The second-order valence-electron chi connectivity index (χ2n) is 14.9. The lowest BCUT2D eigenvalue weighted by Gasteiger charge is -2.36. The minimum absolute atomic E-state index is 0.0226. The predicted octanol–water partition coefficient (Wildman–Crippen LogP) is 11.7. The van der Waals surface area contributed by atoms with Crippen LogP contribution >= 0.6 is 0 Å². The van der Waals surface area contributed by atoms with Crippen molar-refractivity contribution in [2.24, 2.45) is 5.41 Å². The molecule has 0 spiro atoms. The molecule has 4 aromatic carbocycles. The number of hydrogen-bond acceptors (Lipinski definition) is 5. The van der Waals surface area contributed by atoms with Crippen LogP contribution in [0, 0.1) is 12.3 Å². The standard InChI is InChI=1S/C43H41F6NO5/c1-24-18-27(39(51)54-6)12-13-32(24)34-14-15-35(53-5)37(36(34)26-10-8-7-9-11-26)33-16-17-41(3,4)22-29(33)23-50-25(2)38(55-40(50)52)28-19-30(42(44,45)46)21-31(20-28)43(47,48)49/h7-15,18-21,25,38H,16-17,22-23H2,1-6H3/t25-,38-/m1/s1. The summed E-state index contributed by atoms with van der Waals surface area (Å²) in [5, 5.41) is 0. The van der Waals surface area contributed by atoms with Gasteiger partial charge >= 0.3 is 24.4 Å². The number of amides is 1. The highest BCUT2D eigenvalue weighted by atomic mass is 19.4. The number of nitrogens with zero attached hydrogens (tertiary/aromatic N) is 1. The topological polar surface area (TPSA) is 65.1 Å². The molecule has 0 unspecified atom stereocenters. The second kappa shape index (κ2) is 14.8. The van der Waals surface area contributed by atoms with Gasteiger partial charge in [-0.05, 0) is 114 Å². The van der Waals surface area contributed by atoms with Gasteiger partial charge in [0.15, 0.2) is 0 Å². The maximum absolute atomic E-state index is 13.8. The Kier molecular flexibility index (Phi) is 10.6. The highest BCUT2D eigenvalue weighted by molar-refractivity contribution is 5.97. The van der Waals surface area contributed by atoms with E-state index in [0.717, 1.165) is 50.9 Å². The quantitative estimate of drug-likeness (QED) is 0.132. The lowest BCUT2D eigenvalue weighted by Crippen LogP contribution is -2.35. The third-order valence-electron chi connectivity index (χ3n) is 10.6. The Bertz CT molecular complexity index is 2120. The second-order valence-corrected chi connectivity index (χ2v) is 14.9. The average Bonchev–Trinajstić information content (AvgIpc) is 3.41. The van der Waals surface area contributed by atoms with E-state index in [4.69, 9.17) is 14.2 Å². The van der Waals surface area contributed by atoms with Crippen LogP contribution in [0.1, 0.15) is 84.3 Å². The first kappa shape index (κ1) is 39.4. The third-order valence-corrected chi connectivity index (χ3v) is 10.6. The lowest BCUT2D eigenvalue weighted by atomic mass is 9.71. The highest BCUT2D eigenvalue weighted by Gasteiger charge is 2.44. The van der Waals surface area contributed by atoms with E-state index in [1.807, 2.05) is 55.5 Å². The van der Waals surface area contributed by atoms with Gasteiger partial charge in [0.2, 0.25) is 0 Å². The van der Waals surface area contributed by atoms with E-state index in [9.17, 15) is 35.9 Å². The summed E-state index contributed by atoms with van der Waals surface area (Å²) in [6.45, 7) is 7.71. The lowest BCUT2D eigenvalue weighted by molar-refractivity contribution is -0.143. The monoisotopic (exact) mass is 765 g/mol. The van der Waals surface area contributed by atoms with E-state index in [0.29, 0.717) is 36.3 Å². The van der Waals surface area contributed by atoms with Crippen LogP contribution in [0.2, 0.25) is 0 Å². The van der Waals surface area contributed by atoms with Crippen LogP contribution < -0.4 is 4.74 Å². The molecule has 1 amide bonds. The number of benzene rings is 4. The van der Waals surface area contributed by atoms with Crippen molar-refractivity contribution in [1.82, 2.24) is 4.90 Å². The van der Waals surface area contributed by atoms with E-state index in [1.165, 1.54) is 12.0 Å². The summed E-state index contributed by atoms with van der Waals surface area (Å²) in [5.74, 6) is 0.121. The maximum Gasteiger partial charge on any atom is 0.416 e. The summed E-state index contributed by atoms with van der Waals surface area (Å²) in [6.07, 6.45) is -10.4. The highest BCUT2D eigenvalue weighted by Crippen LogP contribution is 2.51. The fourth-order valence-electron chi connectivity index (χ4n) is 7.77. The van der Waals surface area contributed by atoms with E-state index < -0.39 is 53.3 Å². The summed E-state index contributed by atoms with van der Waals surface area (Å²) >= 11 is 0. The van der Waals surface area contributed by atoms with Crippen molar-refractivity contribution < 1.29 is 50.1 Å². The van der Waals surface area contributed by atoms with E-state index in [2.05, 4.69) is 13.8 Å². The first-order valence-corrected chi connectivity index (χ1v) is 17.8. The molecule has 0 radical (unpaired) electrons. The van der Waals surface area contributed by atoms with Crippen molar-refractivity contribution in [3.05, 3.63) is 118 Å². The molecule has 0 saturated carbocycles. The molecular formula is C43H41F6NO5. The molecule has 6 nitrogen and oxygen atoms in total. The maximum atomic E-state index is 13.8. The van der Waals surface area contributed by atoms with Crippen molar-refractivity contribution in [2.45, 2.75) is 71.5 Å². The molecule has 2 atom stereocenters. The number of esters is 1. The molecule has 1 aliphatic carbocycles. The Hall–Kier alpha value is -5.26. The molecular weight excluding hydrogens is 724 g/mol. The Labute approximate surface area is 315 Å². The molecule has 4 aromatic rings. The number of alkyl halides is 6. The normalized spacial score (nSPS) is 18.7. The first-order chi connectivity index (χ1) is 25.8. The van der Waals surface area contributed by atoms with Crippen LogP contribution in [0.25, 0.3) is 27.8 Å². The molecule has 0 aromatic heterocycles. The van der Waals surface area contributed by atoms with Crippen LogP contribution in [0.4, 0.5) is 31.1 Å². The molecule has 290 valence electrons. The van der Waals surface area contributed by atoms with E-state index >= 15 is 0 Å². The molecule has 1 aliphatic heterocycles. The molecule has 2 aliphatic rings. The van der Waals surface area contributed by atoms with Crippen LogP contribution in [0.5, 0.6) is 5.75 Å². The SMILES string of the molecule is COC(=O)c1ccc(-c2ccc(OC)c(C3=C(CN4C(=O)O[C@@H](c5cc(C(F)(F)F)cc(C(F)(F)F)c5)[C@H]4C)CC(C)(C)CC3)c2-c2ccccc2)c(C)c1. The van der Waals surface area contributed by atoms with Gasteiger partial charge in [-0.3, -0.25) is 4.90 Å². The summed E-state index contributed by atoms with van der Waals surface area (Å²) in [5.41, 5.74) is 3.76. The molecule has 55 heavy (non-hydrogen) atoms. The molecule has 1 fully saturated rings. The average molecular weight is 766 g/mol. The number of halogens is 6. The molecule has 1 heterocycles. The number of allylic oxidation sites excluding steroid dienone is 1. The Morgan fingerprint density at radius 3 is 2.09 bits per heavy atom. The number of ether oxygens (including phenoxy) is 3. The van der Waals surface area contributed by atoms with Crippen molar-refractivity contribution in [1.29, 1.82) is 0 Å². The van der Waals surface area contributed by atoms with Gasteiger partial charge in [-0.1, -0.05) is 56.3 Å². The number of hydrogen-bond donors (Lipinski definition) is 0. The predicted molar refractivity (Wildman–Crippen MR) is 196 cm³/mol. The zero-order chi connectivity index (χ0) is 40.0. The summed E-state index contributed by atoms with van der Waals surface area (Å²) in [6, 6.07) is 19.3. The van der Waals surface area contributed by atoms with Crippen molar-refractivity contribution in [3.8, 4) is 28.0 Å². The Morgan fingerprint density at radius 2 is 1.51 bits per heavy atom. The molecule has 12 heteroatoms. The largest absolute Gasteiger partial charge is 0.496 e. The van der Waals surface area contributed by atoms with Crippen LogP contribution in [-0.4, -0.2) is 43.8 Å². The number of carbonyl (C=O) groups excluding carboxylic acids is 2. The summed E-state index contributed by atoms with van der Waals surface area (Å²) in [7, 11) is 2.90. The fraction of sp³-hybridized carbons (Fsp3) is 0.349. The molecule has 1 saturated heterocycles. The van der Waals surface area contributed by atoms with Crippen molar-refractivity contribution in [3.63, 3.8) is 0 Å². The van der Waals surface area contributed by atoms with Gasteiger partial charge in [0.1, 0.15) is 11.9 Å².